The molecule has 0 bridgehead atoms. The third kappa shape index (κ3) is 12.6. The van der Waals surface area contributed by atoms with Gasteiger partial charge in [0.1, 0.15) is 18.1 Å². The Morgan fingerprint density at radius 2 is 1.57 bits per heavy atom. The Morgan fingerprint density at radius 1 is 0.870 bits per heavy atom. The predicted octanol–water partition coefficient (Wildman–Crippen LogP) is 2.50. The van der Waals surface area contributed by atoms with Crippen LogP contribution in [-0.4, -0.2) is 111 Å². The molecule has 370 valence electrons. The maximum atomic E-state index is 13.6. The van der Waals surface area contributed by atoms with Gasteiger partial charge in [0.25, 0.3) is 5.56 Å². The molecule has 2 aromatic carbocycles. The summed E-state index contributed by atoms with van der Waals surface area (Å²) in [5, 5.41) is 48.7. The standard InChI is InChI=1S/C46H53N5O18/c1-22(2)26(44(58)59)14-40(56)48-10-8-38(54)47-11-9-39(55)49-32-12-25(6-7-35(32)69-46(62)68-23(3)42(63-5)45(60)61)18-64-19-29-27-13-36-37(67-21-66-36)15-31(27)50-41-28(29)17-51-33(41)16-34(53)30(43(51)57)20-65-24(4)52/h6-7,12-13,15-16,22-23,26,42,46,53,62H,8-11,14,17-21H2,1-5H3,(H,47,54)(H,48,56)(H,49,55)(H,58,59)(H,60,61). The van der Waals surface area contributed by atoms with Crippen LogP contribution in [0.2, 0.25) is 0 Å². The summed E-state index contributed by atoms with van der Waals surface area (Å²) < 4.78 is 39.8. The van der Waals surface area contributed by atoms with Crippen LogP contribution in [0.1, 0.15) is 69.2 Å². The number of carbonyl (C=O) groups is 6. The average Bonchev–Trinajstić information content (AvgIpc) is 3.89. The summed E-state index contributed by atoms with van der Waals surface area (Å²) in [5.74, 6) is -5.33. The number of carbonyl (C=O) groups excluding carboxylic acids is 4. The average molecular weight is 964 g/mol. The minimum absolute atomic E-state index is 0.00139. The summed E-state index contributed by atoms with van der Waals surface area (Å²) >= 11 is 0. The van der Waals surface area contributed by atoms with Crippen molar-refractivity contribution in [2.45, 2.75) is 92.0 Å². The number of esters is 1. The number of fused-ring (bicyclic) bond motifs is 5. The first-order chi connectivity index (χ1) is 32.8. The van der Waals surface area contributed by atoms with Crippen molar-refractivity contribution < 1.29 is 82.4 Å². The van der Waals surface area contributed by atoms with E-state index in [1.54, 1.807) is 32.0 Å². The van der Waals surface area contributed by atoms with Crippen LogP contribution >= 0.6 is 0 Å². The summed E-state index contributed by atoms with van der Waals surface area (Å²) in [5.41, 5.74) is 2.33. The molecule has 2 aliphatic rings. The number of aliphatic hydroxyl groups excluding tert-OH is 1. The maximum absolute atomic E-state index is 13.6. The zero-order valence-corrected chi connectivity index (χ0v) is 38.3. The summed E-state index contributed by atoms with van der Waals surface area (Å²) in [4.78, 5) is 91.0. The van der Waals surface area contributed by atoms with E-state index in [0.717, 1.165) is 7.11 Å². The Balaban J connectivity index is 1.17. The Labute approximate surface area is 393 Å². The number of anilines is 1. The van der Waals surface area contributed by atoms with Gasteiger partial charge >= 0.3 is 24.4 Å². The van der Waals surface area contributed by atoms with Crippen molar-refractivity contribution in [3.63, 3.8) is 0 Å². The highest BCUT2D eigenvalue weighted by molar-refractivity contribution is 5.93. The van der Waals surface area contributed by atoms with Gasteiger partial charge in [0, 0.05) is 69.5 Å². The van der Waals surface area contributed by atoms with E-state index in [4.69, 9.17) is 38.1 Å². The topological polar surface area (TPSA) is 319 Å². The van der Waals surface area contributed by atoms with Gasteiger partial charge < -0.3 is 74.1 Å². The van der Waals surface area contributed by atoms with Crippen molar-refractivity contribution in [1.82, 2.24) is 20.2 Å². The molecule has 4 heterocycles. The molecule has 0 saturated heterocycles. The van der Waals surface area contributed by atoms with Crippen LogP contribution < -0.4 is 35.7 Å². The number of aliphatic carboxylic acids is 2. The van der Waals surface area contributed by atoms with Gasteiger partial charge in [-0.05, 0) is 42.2 Å². The molecule has 23 heteroatoms. The number of carboxylic acids is 2. The first-order valence-electron chi connectivity index (χ1n) is 21.7. The molecule has 0 radical (unpaired) electrons. The molecule has 2 aliphatic heterocycles. The highest BCUT2D eigenvalue weighted by Gasteiger charge is 2.31. The normalized spacial score (nSPS) is 14.0. The van der Waals surface area contributed by atoms with E-state index in [-0.39, 0.29) is 87.6 Å². The number of benzene rings is 2. The van der Waals surface area contributed by atoms with Crippen molar-refractivity contribution >= 4 is 52.2 Å². The smallest absolute Gasteiger partial charge is 0.335 e. The second-order valence-electron chi connectivity index (χ2n) is 16.4. The number of aliphatic hydroxyl groups is 1. The van der Waals surface area contributed by atoms with E-state index in [9.17, 15) is 54.0 Å². The van der Waals surface area contributed by atoms with Crippen LogP contribution in [0.4, 0.5) is 5.69 Å². The molecule has 0 aliphatic carbocycles. The molecule has 6 rings (SSSR count). The zero-order valence-electron chi connectivity index (χ0n) is 38.3. The van der Waals surface area contributed by atoms with Gasteiger partial charge in [0.15, 0.2) is 17.6 Å². The number of hydrogen-bond donors (Lipinski definition) is 7. The largest absolute Gasteiger partial charge is 0.507 e. The van der Waals surface area contributed by atoms with E-state index >= 15 is 0 Å². The van der Waals surface area contributed by atoms with Crippen molar-refractivity contribution in [1.29, 1.82) is 0 Å². The van der Waals surface area contributed by atoms with Crippen LogP contribution in [-0.2, 0) is 74.1 Å². The van der Waals surface area contributed by atoms with Crippen LogP contribution in [0.25, 0.3) is 22.3 Å². The van der Waals surface area contributed by atoms with E-state index in [2.05, 4.69) is 16.0 Å². The van der Waals surface area contributed by atoms with Crippen molar-refractivity contribution in [3.05, 3.63) is 69.0 Å². The van der Waals surface area contributed by atoms with Crippen molar-refractivity contribution in [2.75, 3.05) is 32.3 Å². The number of aromatic hydroxyl groups is 1. The first-order valence-corrected chi connectivity index (χ1v) is 21.7. The number of amides is 3. The van der Waals surface area contributed by atoms with Crippen LogP contribution in [0.3, 0.4) is 0 Å². The molecular weight excluding hydrogens is 911 g/mol. The van der Waals surface area contributed by atoms with E-state index in [1.165, 1.54) is 36.6 Å². The Hall–Kier alpha value is -7.34. The SMILES string of the molecule is COC(C(=O)O)C(C)OC(O)Oc1ccc(COCc2c3c(nc4cc5c(cc24)OCO5)-c2cc(O)c(COC(C)=O)c(=O)n2C3)cc1NC(=O)CCNC(=O)CCNC(=O)CC(C(=O)O)C(C)C. The van der Waals surface area contributed by atoms with Crippen LogP contribution in [0.15, 0.2) is 41.2 Å². The highest BCUT2D eigenvalue weighted by Crippen LogP contribution is 2.42. The summed E-state index contributed by atoms with van der Waals surface area (Å²) in [6, 6.07) is 9.33. The molecular formula is C46H53N5O18. The van der Waals surface area contributed by atoms with Crippen molar-refractivity contribution in [2.24, 2.45) is 11.8 Å². The number of nitrogens with zero attached hydrogens (tertiary/aromatic N) is 2. The van der Waals surface area contributed by atoms with Crippen LogP contribution in [0, 0.1) is 11.8 Å². The first kappa shape index (κ1) is 51.1. The summed E-state index contributed by atoms with van der Waals surface area (Å²) in [7, 11) is 1.16. The second-order valence-corrected chi connectivity index (χ2v) is 16.4. The maximum Gasteiger partial charge on any atom is 0.335 e. The molecule has 0 fully saturated rings. The monoisotopic (exact) mass is 963 g/mol. The van der Waals surface area contributed by atoms with Gasteiger partial charge in [0.2, 0.25) is 24.5 Å². The number of rotatable bonds is 24. The molecule has 3 amide bonds. The Morgan fingerprint density at radius 3 is 2.23 bits per heavy atom. The number of methoxy groups -OCH3 is 1. The third-order valence-corrected chi connectivity index (χ3v) is 11.2. The predicted molar refractivity (Wildman–Crippen MR) is 239 cm³/mol. The fourth-order valence-corrected chi connectivity index (χ4v) is 7.64. The fraction of sp³-hybridized carbons (Fsp3) is 0.435. The molecule has 23 nitrogen and oxygen atoms in total. The van der Waals surface area contributed by atoms with E-state index in [1.807, 2.05) is 0 Å². The third-order valence-electron chi connectivity index (χ3n) is 11.2. The second kappa shape index (κ2) is 22.6. The lowest BCUT2D eigenvalue weighted by Crippen LogP contribution is -2.39. The summed E-state index contributed by atoms with van der Waals surface area (Å²) in [6.07, 6.45) is -3.24. The minimum Gasteiger partial charge on any atom is -0.507 e. The highest BCUT2D eigenvalue weighted by atomic mass is 16.8. The van der Waals surface area contributed by atoms with E-state index in [0.29, 0.717) is 50.5 Å². The lowest BCUT2D eigenvalue weighted by molar-refractivity contribution is -0.252. The number of pyridine rings is 2. The number of aromatic nitrogens is 2. The van der Waals surface area contributed by atoms with Crippen molar-refractivity contribution in [3.8, 4) is 34.4 Å². The molecule has 4 atom stereocenters. The lowest BCUT2D eigenvalue weighted by Gasteiger charge is -2.23. The fourth-order valence-electron chi connectivity index (χ4n) is 7.64. The van der Waals surface area contributed by atoms with Gasteiger partial charge in [-0.25, -0.2) is 9.78 Å². The molecule has 2 aromatic heterocycles. The Bertz CT molecular complexity index is 2690. The zero-order chi connectivity index (χ0) is 50.1. The van der Waals surface area contributed by atoms with Gasteiger partial charge in [-0.15, -0.1) is 0 Å². The van der Waals surface area contributed by atoms with Crippen LogP contribution in [0.5, 0.6) is 23.0 Å². The van der Waals surface area contributed by atoms with Gasteiger partial charge in [-0.3, -0.25) is 28.8 Å². The quantitative estimate of drug-likeness (QED) is 0.0345. The number of hydrogen-bond acceptors (Lipinski definition) is 17. The molecule has 4 unspecified atom stereocenters. The molecule has 0 saturated carbocycles. The number of carboxylic acid groups (broad SMARTS) is 2. The number of ether oxygens (including phenoxy) is 7. The molecule has 4 aromatic rings. The molecule has 7 N–H and O–H groups in total. The Kier molecular flexibility index (Phi) is 16.8. The van der Waals surface area contributed by atoms with Gasteiger partial charge in [-0.1, -0.05) is 19.9 Å². The lowest BCUT2D eigenvalue weighted by atomic mass is 9.92. The number of nitrogens with one attached hydrogen (secondary N) is 3. The molecule has 0 spiro atoms. The molecule has 69 heavy (non-hydrogen) atoms. The van der Waals surface area contributed by atoms with Gasteiger partial charge in [0.05, 0.1) is 59.9 Å². The summed E-state index contributed by atoms with van der Waals surface area (Å²) in [6.45, 7) is 3.22. The van der Waals surface area contributed by atoms with Gasteiger partial charge in [-0.2, -0.15) is 0 Å². The minimum atomic E-state index is -2.02. The van der Waals surface area contributed by atoms with E-state index < -0.39 is 72.4 Å².